The van der Waals surface area contributed by atoms with Crippen LogP contribution in [0.5, 0.6) is 0 Å². The minimum Gasteiger partial charge on any atom is -0.347 e. The van der Waals surface area contributed by atoms with Gasteiger partial charge in [0, 0.05) is 14.1 Å². The zero-order chi connectivity index (χ0) is 19.1. The average molecular weight is 367 g/mol. The third-order valence-electron chi connectivity index (χ3n) is 5.10. The Kier molecular flexibility index (Phi) is 4.18. The van der Waals surface area contributed by atoms with Gasteiger partial charge in [0.15, 0.2) is 11.2 Å². The lowest BCUT2D eigenvalue weighted by atomic mass is 10.0. The summed E-state index contributed by atoms with van der Waals surface area (Å²) in [5.74, 6) is 0.260. The molecule has 0 saturated heterocycles. The van der Waals surface area contributed by atoms with Crippen LogP contribution < -0.4 is 16.6 Å². The normalized spacial score (nSPS) is 15.0. The van der Waals surface area contributed by atoms with Gasteiger partial charge in [-0.2, -0.15) is 0 Å². The van der Waals surface area contributed by atoms with Crippen LogP contribution in [0.15, 0.2) is 46.2 Å². The molecule has 4 rings (SSSR count). The fourth-order valence-electron chi connectivity index (χ4n) is 3.45. The highest BCUT2D eigenvalue weighted by molar-refractivity contribution is 5.79. The molecule has 1 N–H and O–H groups in total. The van der Waals surface area contributed by atoms with Crippen molar-refractivity contribution in [3.8, 4) is 0 Å². The highest BCUT2D eigenvalue weighted by Crippen LogP contribution is 2.40. The Labute approximate surface area is 155 Å². The van der Waals surface area contributed by atoms with Crippen molar-refractivity contribution in [1.82, 2.24) is 24.0 Å². The minimum absolute atomic E-state index is 0.0272. The van der Waals surface area contributed by atoms with Crippen molar-refractivity contribution >= 4 is 17.1 Å². The predicted molar refractivity (Wildman–Crippen MR) is 100 cm³/mol. The number of nitrogens with one attached hydrogen (secondary N) is 1. The summed E-state index contributed by atoms with van der Waals surface area (Å²) in [4.78, 5) is 41.3. The molecule has 0 radical (unpaired) electrons. The Hall–Kier alpha value is -3.16. The maximum absolute atomic E-state index is 12.7. The molecular weight excluding hydrogens is 346 g/mol. The van der Waals surface area contributed by atoms with Crippen molar-refractivity contribution < 1.29 is 4.79 Å². The van der Waals surface area contributed by atoms with Crippen LogP contribution in [0.25, 0.3) is 11.2 Å². The number of fused-ring (bicyclic) bond motifs is 1. The van der Waals surface area contributed by atoms with Gasteiger partial charge in [-0.25, -0.2) is 9.78 Å². The average Bonchev–Trinajstić information content (AvgIpc) is 3.43. The van der Waals surface area contributed by atoms with E-state index in [9.17, 15) is 14.4 Å². The van der Waals surface area contributed by atoms with Gasteiger partial charge >= 0.3 is 5.69 Å². The number of hydrogen-bond donors (Lipinski definition) is 1. The van der Waals surface area contributed by atoms with E-state index in [1.807, 2.05) is 30.3 Å². The van der Waals surface area contributed by atoms with E-state index >= 15 is 0 Å². The van der Waals surface area contributed by atoms with Crippen LogP contribution in [0.4, 0.5) is 0 Å². The number of hydrogen-bond acceptors (Lipinski definition) is 4. The highest BCUT2D eigenvalue weighted by Gasteiger charge is 2.33. The number of carbonyl (C=O) groups is 1. The van der Waals surface area contributed by atoms with Crippen LogP contribution in [0, 0.1) is 5.92 Å². The first kappa shape index (κ1) is 17.3. The summed E-state index contributed by atoms with van der Waals surface area (Å²) in [6, 6.07) is 9.88. The van der Waals surface area contributed by atoms with E-state index in [-0.39, 0.29) is 29.7 Å². The molecule has 1 saturated carbocycles. The van der Waals surface area contributed by atoms with Crippen LogP contribution >= 0.6 is 0 Å². The van der Waals surface area contributed by atoms with E-state index in [1.54, 1.807) is 7.05 Å². The second kappa shape index (κ2) is 6.53. The molecule has 3 aromatic rings. The second-order valence-corrected chi connectivity index (χ2v) is 7.04. The van der Waals surface area contributed by atoms with Gasteiger partial charge in [0.25, 0.3) is 5.56 Å². The zero-order valence-electron chi connectivity index (χ0n) is 15.3. The molecular formula is C19H21N5O3. The van der Waals surface area contributed by atoms with Crippen molar-refractivity contribution in [2.24, 2.45) is 20.0 Å². The Morgan fingerprint density at radius 3 is 2.56 bits per heavy atom. The Balaban J connectivity index is 1.62. The summed E-state index contributed by atoms with van der Waals surface area (Å²) in [5.41, 5.74) is 0.706. The molecule has 27 heavy (non-hydrogen) atoms. The highest BCUT2D eigenvalue weighted by atomic mass is 16.2. The minimum atomic E-state index is -0.458. The standard InChI is InChI=1S/C19H21N5O3/c1-22-17-16(18(26)23(2)19(22)27)24(11-20-17)10-14(25)21-15(13-8-9-13)12-6-4-3-5-7-12/h3-7,11,13,15H,8-10H2,1-2H3,(H,21,25). The lowest BCUT2D eigenvalue weighted by molar-refractivity contribution is -0.122. The summed E-state index contributed by atoms with van der Waals surface area (Å²) in [6.45, 7) is -0.0278. The SMILES string of the molecule is Cn1c(=O)c2c(ncn2CC(=O)NC(c2ccccc2)C2CC2)n(C)c1=O. The van der Waals surface area contributed by atoms with Crippen molar-refractivity contribution in [1.29, 1.82) is 0 Å². The number of rotatable bonds is 5. The molecule has 0 aliphatic heterocycles. The third-order valence-corrected chi connectivity index (χ3v) is 5.10. The van der Waals surface area contributed by atoms with Crippen LogP contribution in [0.3, 0.4) is 0 Å². The molecule has 1 aliphatic carbocycles. The van der Waals surface area contributed by atoms with Crippen LogP contribution in [-0.4, -0.2) is 24.6 Å². The number of amides is 1. The molecule has 8 nitrogen and oxygen atoms in total. The molecule has 2 heterocycles. The second-order valence-electron chi connectivity index (χ2n) is 7.04. The Morgan fingerprint density at radius 1 is 1.19 bits per heavy atom. The van der Waals surface area contributed by atoms with Crippen molar-refractivity contribution in [2.45, 2.75) is 25.4 Å². The molecule has 8 heteroatoms. The number of carbonyl (C=O) groups excluding carboxylic acids is 1. The largest absolute Gasteiger partial charge is 0.347 e. The number of nitrogens with zero attached hydrogens (tertiary/aromatic N) is 4. The Bertz CT molecular complexity index is 1120. The number of aryl methyl sites for hydroxylation is 1. The number of imidazole rings is 1. The van der Waals surface area contributed by atoms with Gasteiger partial charge < -0.3 is 9.88 Å². The molecule has 2 aromatic heterocycles. The first-order valence-corrected chi connectivity index (χ1v) is 8.92. The molecule has 1 unspecified atom stereocenters. The fraction of sp³-hybridized carbons (Fsp3) is 0.368. The molecule has 1 fully saturated rings. The molecule has 1 amide bonds. The summed E-state index contributed by atoms with van der Waals surface area (Å²) < 4.78 is 3.83. The number of benzene rings is 1. The van der Waals surface area contributed by atoms with Gasteiger partial charge in [0.2, 0.25) is 5.91 Å². The smallest absolute Gasteiger partial charge is 0.332 e. The molecule has 0 spiro atoms. The van der Waals surface area contributed by atoms with Gasteiger partial charge in [-0.3, -0.25) is 18.7 Å². The van der Waals surface area contributed by atoms with Gasteiger partial charge in [-0.15, -0.1) is 0 Å². The fourth-order valence-corrected chi connectivity index (χ4v) is 3.45. The molecule has 0 bridgehead atoms. The third kappa shape index (κ3) is 3.07. The number of aromatic nitrogens is 4. The van der Waals surface area contributed by atoms with Crippen LogP contribution in [-0.2, 0) is 25.4 Å². The Morgan fingerprint density at radius 2 is 1.89 bits per heavy atom. The lowest BCUT2D eigenvalue weighted by Crippen LogP contribution is -2.38. The van der Waals surface area contributed by atoms with E-state index in [4.69, 9.17) is 0 Å². The first-order valence-electron chi connectivity index (χ1n) is 8.92. The quantitative estimate of drug-likeness (QED) is 0.719. The summed E-state index contributed by atoms with van der Waals surface area (Å²) in [6.07, 6.45) is 3.62. The summed E-state index contributed by atoms with van der Waals surface area (Å²) in [7, 11) is 2.97. The maximum Gasteiger partial charge on any atom is 0.332 e. The van der Waals surface area contributed by atoms with Crippen molar-refractivity contribution in [2.75, 3.05) is 0 Å². The molecule has 1 atom stereocenters. The van der Waals surface area contributed by atoms with Gasteiger partial charge in [0.1, 0.15) is 6.54 Å². The van der Waals surface area contributed by atoms with E-state index in [1.165, 1.54) is 22.5 Å². The van der Waals surface area contributed by atoms with Crippen LogP contribution in [0.1, 0.15) is 24.4 Å². The van der Waals surface area contributed by atoms with Gasteiger partial charge in [-0.05, 0) is 24.3 Å². The van der Waals surface area contributed by atoms with E-state index < -0.39 is 11.2 Å². The van der Waals surface area contributed by atoms with Crippen molar-refractivity contribution in [3.05, 3.63) is 63.1 Å². The van der Waals surface area contributed by atoms with Gasteiger partial charge in [0.05, 0.1) is 12.4 Å². The topological polar surface area (TPSA) is 90.9 Å². The van der Waals surface area contributed by atoms with Crippen LogP contribution in [0.2, 0.25) is 0 Å². The summed E-state index contributed by atoms with van der Waals surface area (Å²) in [5, 5.41) is 3.09. The summed E-state index contributed by atoms with van der Waals surface area (Å²) >= 11 is 0. The van der Waals surface area contributed by atoms with Gasteiger partial charge in [-0.1, -0.05) is 30.3 Å². The molecule has 140 valence electrons. The van der Waals surface area contributed by atoms with E-state index in [0.717, 1.165) is 23.0 Å². The maximum atomic E-state index is 12.7. The molecule has 1 aliphatic rings. The van der Waals surface area contributed by atoms with Crippen molar-refractivity contribution in [3.63, 3.8) is 0 Å². The zero-order valence-corrected chi connectivity index (χ0v) is 15.3. The van der Waals surface area contributed by atoms with E-state index in [2.05, 4.69) is 10.3 Å². The van der Waals surface area contributed by atoms with E-state index in [0.29, 0.717) is 5.92 Å². The monoisotopic (exact) mass is 367 g/mol. The predicted octanol–water partition coefficient (Wildman–Crippen LogP) is 0.701. The lowest BCUT2D eigenvalue weighted by Gasteiger charge is -2.19. The molecule has 1 aromatic carbocycles. The first-order chi connectivity index (χ1) is 13.0.